The minimum Gasteiger partial charge on any atom is -0.494 e. The molecule has 1 saturated heterocycles. The Kier molecular flexibility index (Phi) is 9.20. The first-order valence-electron chi connectivity index (χ1n) is 8.24. The smallest absolute Gasteiger partial charge is 0.240 e. The average Bonchev–Trinajstić information content (AvgIpc) is 3.07. The van der Waals surface area contributed by atoms with Crippen LogP contribution in [0.25, 0.3) is 0 Å². The minimum atomic E-state index is -3.62. The third-order valence-electron chi connectivity index (χ3n) is 3.80. The van der Waals surface area contributed by atoms with E-state index in [9.17, 15) is 13.2 Å². The molecular weight excluding hydrogens is 366 g/mol. The van der Waals surface area contributed by atoms with Crippen molar-refractivity contribution in [3.05, 3.63) is 24.3 Å². The molecule has 0 saturated carbocycles. The number of ether oxygens (including phenoxy) is 1. The molecule has 1 aromatic carbocycles. The average molecular weight is 392 g/mol. The van der Waals surface area contributed by atoms with E-state index in [-0.39, 0.29) is 36.2 Å². The zero-order valence-electron chi connectivity index (χ0n) is 14.3. The van der Waals surface area contributed by atoms with Crippen molar-refractivity contribution < 1.29 is 17.9 Å². The second kappa shape index (κ2) is 10.6. The standard InChI is InChI=1S/C16H25N3O4S.ClH/c1-2-23-14-5-7-15(8-6-14)24(21,22)19-11-9-16(20)18-12-13-4-3-10-17-13;/h5-8,13,17,19H,2-4,9-12H2,1H3,(H,18,20);1H. The molecule has 1 aliphatic rings. The number of halogens is 1. The van der Waals surface area contributed by atoms with E-state index in [4.69, 9.17) is 4.74 Å². The van der Waals surface area contributed by atoms with Crippen molar-refractivity contribution in [1.29, 1.82) is 0 Å². The van der Waals surface area contributed by atoms with E-state index in [1.165, 1.54) is 12.1 Å². The highest BCUT2D eigenvalue weighted by molar-refractivity contribution is 7.89. The number of benzene rings is 1. The highest BCUT2D eigenvalue weighted by Gasteiger charge is 2.16. The van der Waals surface area contributed by atoms with E-state index in [2.05, 4.69) is 15.4 Å². The lowest BCUT2D eigenvalue weighted by Gasteiger charge is -2.12. The molecule has 1 heterocycles. The summed E-state index contributed by atoms with van der Waals surface area (Å²) in [6.07, 6.45) is 2.30. The van der Waals surface area contributed by atoms with E-state index < -0.39 is 10.0 Å². The number of hydrogen-bond donors (Lipinski definition) is 3. The highest BCUT2D eigenvalue weighted by atomic mass is 35.5. The largest absolute Gasteiger partial charge is 0.494 e. The lowest BCUT2D eigenvalue weighted by molar-refractivity contribution is -0.121. The molecule has 1 aliphatic heterocycles. The van der Waals surface area contributed by atoms with Crippen molar-refractivity contribution in [1.82, 2.24) is 15.4 Å². The van der Waals surface area contributed by atoms with Crippen molar-refractivity contribution in [3.8, 4) is 5.75 Å². The highest BCUT2D eigenvalue weighted by Crippen LogP contribution is 2.15. The molecule has 0 radical (unpaired) electrons. The molecule has 2 rings (SSSR count). The minimum absolute atomic E-state index is 0. The van der Waals surface area contributed by atoms with Crippen LogP contribution in [0.5, 0.6) is 5.75 Å². The lowest BCUT2D eigenvalue weighted by atomic mass is 10.2. The molecule has 1 atom stereocenters. The van der Waals surface area contributed by atoms with E-state index in [1.54, 1.807) is 12.1 Å². The first-order valence-corrected chi connectivity index (χ1v) is 9.72. The molecule has 0 spiro atoms. The zero-order chi connectivity index (χ0) is 17.4. The summed E-state index contributed by atoms with van der Waals surface area (Å²) in [7, 11) is -3.62. The second-order valence-electron chi connectivity index (χ2n) is 5.65. The molecule has 0 aliphatic carbocycles. The van der Waals surface area contributed by atoms with Crippen LogP contribution < -0.4 is 20.1 Å². The summed E-state index contributed by atoms with van der Waals surface area (Å²) in [6, 6.07) is 6.52. The Morgan fingerprint density at radius 2 is 2.04 bits per heavy atom. The van der Waals surface area contributed by atoms with Gasteiger partial charge in [-0.15, -0.1) is 12.4 Å². The van der Waals surface area contributed by atoms with Gasteiger partial charge in [0.15, 0.2) is 0 Å². The number of carbonyl (C=O) groups excluding carboxylic acids is 1. The van der Waals surface area contributed by atoms with Gasteiger partial charge in [-0.05, 0) is 50.6 Å². The van der Waals surface area contributed by atoms with Crippen LogP contribution in [0.1, 0.15) is 26.2 Å². The Morgan fingerprint density at radius 3 is 2.64 bits per heavy atom. The molecule has 0 bridgehead atoms. The number of nitrogens with one attached hydrogen (secondary N) is 3. The predicted octanol–water partition coefficient (Wildman–Crippen LogP) is 1.04. The van der Waals surface area contributed by atoms with Gasteiger partial charge < -0.3 is 15.4 Å². The van der Waals surface area contributed by atoms with E-state index in [1.807, 2.05) is 6.92 Å². The quantitative estimate of drug-likeness (QED) is 0.584. The summed E-state index contributed by atoms with van der Waals surface area (Å²) >= 11 is 0. The van der Waals surface area contributed by atoms with Crippen LogP contribution in [0.4, 0.5) is 0 Å². The Labute approximate surface area is 155 Å². The molecule has 0 aromatic heterocycles. The van der Waals surface area contributed by atoms with Gasteiger partial charge in [0.25, 0.3) is 0 Å². The van der Waals surface area contributed by atoms with Crippen LogP contribution in [-0.2, 0) is 14.8 Å². The Morgan fingerprint density at radius 1 is 1.32 bits per heavy atom. The van der Waals surface area contributed by atoms with Crippen molar-refractivity contribution in [3.63, 3.8) is 0 Å². The summed E-state index contributed by atoms with van der Waals surface area (Å²) in [6.45, 7) is 4.03. The van der Waals surface area contributed by atoms with Crippen LogP contribution in [0, 0.1) is 0 Å². The Balaban J connectivity index is 0.00000312. The lowest BCUT2D eigenvalue weighted by Crippen LogP contribution is -2.38. The maximum atomic E-state index is 12.2. The molecule has 1 aromatic rings. The predicted molar refractivity (Wildman–Crippen MR) is 98.7 cm³/mol. The van der Waals surface area contributed by atoms with Gasteiger partial charge >= 0.3 is 0 Å². The van der Waals surface area contributed by atoms with Crippen LogP contribution in [0.15, 0.2) is 29.2 Å². The number of carbonyl (C=O) groups is 1. The van der Waals surface area contributed by atoms with Gasteiger partial charge in [0.2, 0.25) is 15.9 Å². The molecular formula is C16H26ClN3O4S. The number of rotatable bonds is 9. The number of sulfonamides is 1. The molecule has 142 valence electrons. The van der Waals surface area contributed by atoms with Crippen molar-refractivity contribution in [2.45, 2.75) is 37.1 Å². The topological polar surface area (TPSA) is 96.5 Å². The molecule has 3 N–H and O–H groups in total. The van der Waals surface area contributed by atoms with Crippen LogP contribution in [0.2, 0.25) is 0 Å². The number of amides is 1. The summed E-state index contributed by atoms with van der Waals surface area (Å²) in [4.78, 5) is 11.9. The van der Waals surface area contributed by atoms with Crippen LogP contribution >= 0.6 is 12.4 Å². The van der Waals surface area contributed by atoms with Crippen LogP contribution in [-0.4, -0.2) is 46.6 Å². The normalized spacial score (nSPS) is 16.9. The first kappa shape index (κ1) is 21.7. The van der Waals surface area contributed by atoms with Crippen molar-refractivity contribution >= 4 is 28.3 Å². The van der Waals surface area contributed by atoms with Gasteiger partial charge in [-0.25, -0.2) is 13.1 Å². The van der Waals surface area contributed by atoms with Gasteiger partial charge in [-0.1, -0.05) is 0 Å². The maximum Gasteiger partial charge on any atom is 0.240 e. The third-order valence-corrected chi connectivity index (χ3v) is 5.27. The Bertz CT molecular complexity index is 631. The van der Waals surface area contributed by atoms with Crippen molar-refractivity contribution in [2.75, 3.05) is 26.2 Å². The van der Waals surface area contributed by atoms with Gasteiger partial charge in [-0.2, -0.15) is 0 Å². The van der Waals surface area contributed by atoms with E-state index in [0.29, 0.717) is 24.9 Å². The fraction of sp³-hybridized carbons (Fsp3) is 0.562. The first-order chi connectivity index (χ1) is 11.5. The van der Waals surface area contributed by atoms with Gasteiger partial charge in [-0.3, -0.25) is 4.79 Å². The fourth-order valence-electron chi connectivity index (χ4n) is 2.52. The molecule has 1 unspecified atom stereocenters. The van der Waals surface area contributed by atoms with E-state index >= 15 is 0 Å². The number of hydrogen-bond acceptors (Lipinski definition) is 5. The van der Waals surface area contributed by atoms with Gasteiger partial charge in [0, 0.05) is 25.6 Å². The second-order valence-corrected chi connectivity index (χ2v) is 7.42. The molecule has 1 fully saturated rings. The molecule has 1 amide bonds. The maximum absolute atomic E-state index is 12.2. The van der Waals surface area contributed by atoms with E-state index in [0.717, 1.165) is 19.4 Å². The molecule has 7 nitrogen and oxygen atoms in total. The zero-order valence-corrected chi connectivity index (χ0v) is 15.9. The monoisotopic (exact) mass is 391 g/mol. The SMILES string of the molecule is CCOc1ccc(S(=O)(=O)NCCC(=O)NCC2CCCN2)cc1.Cl. The van der Waals surface area contributed by atoms with Gasteiger partial charge in [0.1, 0.15) is 5.75 Å². The fourth-order valence-corrected chi connectivity index (χ4v) is 3.55. The summed E-state index contributed by atoms with van der Waals surface area (Å²) in [5.41, 5.74) is 0. The van der Waals surface area contributed by atoms with Crippen LogP contribution in [0.3, 0.4) is 0 Å². The molecule has 9 heteroatoms. The summed E-state index contributed by atoms with van der Waals surface area (Å²) in [5.74, 6) is 0.467. The third kappa shape index (κ3) is 7.19. The summed E-state index contributed by atoms with van der Waals surface area (Å²) < 4.78 is 32.0. The summed E-state index contributed by atoms with van der Waals surface area (Å²) in [5, 5.41) is 6.11. The van der Waals surface area contributed by atoms with Gasteiger partial charge in [0.05, 0.1) is 11.5 Å². The molecule has 25 heavy (non-hydrogen) atoms. The van der Waals surface area contributed by atoms with Crippen molar-refractivity contribution in [2.24, 2.45) is 0 Å². The Hall–Kier alpha value is -1.35.